The summed E-state index contributed by atoms with van der Waals surface area (Å²) in [6.07, 6.45) is 2.67. The van der Waals surface area contributed by atoms with Crippen LogP contribution in [0.4, 0.5) is 0 Å². The van der Waals surface area contributed by atoms with Crippen LogP contribution in [0, 0.1) is 6.92 Å². The first-order valence-electron chi connectivity index (χ1n) is 11.2. The van der Waals surface area contributed by atoms with E-state index in [1.54, 1.807) is 29.8 Å². The molecule has 0 fully saturated rings. The lowest BCUT2D eigenvalue weighted by Crippen LogP contribution is -2.31. The summed E-state index contributed by atoms with van der Waals surface area (Å²) in [7, 11) is 1.64. The molecule has 1 amide bonds. The van der Waals surface area contributed by atoms with Crippen molar-refractivity contribution in [3.63, 3.8) is 0 Å². The molecule has 1 aliphatic rings. The maximum Gasteiger partial charge on any atom is 0.290 e. The highest BCUT2D eigenvalue weighted by Crippen LogP contribution is 2.38. The predicted molar refractivity (Wildman–Crippen MR) is 135 cm³/mol. The molecular weight excluding hydrogens is 446 g/mol. The second-order valence-electron chi connectivity index (χ2n) is 8.45. The number of carbonyl (C=O) groups is 1. The van der Waals surface area contributed by atoms with Gasteiger partial charge in [-0.05, 0) is 67.1 Å². The summed E-state index contributed by atoms with van der Waals surface area (Å²) in [6, 6.07) is 20.9. The summed E-state index contributed by atoms with van der Waals surface area (Å²) in [5, 5.41) is 0.509. The molecule has 2 heterocycles. The Bertz CT molecular complexity index is 1420. The van der Waals surface area contributed by atoms with Crippen LogP contribution in [0.25, 0.3) is 11.0 Å². The Balaban J connectivity index is 1.59. The van der Waals surface area contributed by atoms with Gasteiger partial charge in [0.05, 0.1) is 24.1 Å². The molecule has 1 aromatic heterocycles. The van der Waals surface area contributed by atoms with E-state index in [2.05, 4.69) is 0 Å². The lowest BCUT2D eigenvalue weighted by Gasteiger charge is -2.25. The van der Waals surface area contributed by atoms with Gasteiger partial charge in [-0.3, -0.25) is 9.59 Å². The summed E-state index contributed by atoms with van der Waals surface area (Å²) in [6.45, 7) is 2.40. The lowest BCUT2D eigenvalue weighted by molar-refractivity contribution is 0.0730. The van der Waals surface area contributed by atoms with Gasteiger partial charge in [0, 0.05) is 11.4 Å². The first kappa shape index (κ1) is 22.3. The van der Waals surface area contributed by atoms with E-state index in [1.165, 1.54) is 0 Å². The number of amides is 1. The molecule has 0 radical (unpaired) electrons. The molecule has 0 aliphatic carbocycles. The van der Waals surface area contributed by atoms with E-state index >= 15 is 0 Å². The Kier molecular flexibility index (Phi) is 5.92. The van der Waals surface area contributed by atoms with Gasteiger partial charge in [-0.25, -0.2) is 0 Å². The number of hydrogen-bond donors (Lipinski definition) is 0. The Morgan fingerprint density at radius 1 is 1.00 bits per heavy atom. The smallest absolute Gasteiger partial charge is 0.290 e. The normalized spacial score (nSPS) is 15.1. The van der Waals surface area contributed by atoms with Crippen LogP contribution in [-0.2, 0) is 6.42 Å². The van der Waals surface area contributed by atoms with Crippen LogP contribution in [0.15, 0.2) is 80.8 Å². The van der Waals surface area contributed by atoms with Gasteiger partial charge in [0.1, 0.15) is 11.3 Å². The van der Waals surface area contributed by atoms with E-state index in [0.717, 1.165) is 27.3 Å². The molecule has 0 bridgehead atoms. The fourth-order valence-corrected chi connectivity index (χ4v) is 4.95. The number of thioether (sulfide) groups is 1. The predicted octanol–water partition coefficient (Wildman–Crippen LogP) is 5.62. The molecule has 0 N–H and O–H groups in total. The van der Waals surface area contributed by atoms with E-state index in [1.807, 2.05) is 73.8 Å². The molecule has 1 atom stereocenters. The maximum absolute atomic E-state index is 13.7. The zero-order valence-electron chi connectivity index (χ0n) is 19.3. The molecule has 4 aromatic rings. The number of methoxy groups -OCH3 is 1. The minimum atomic E-state index is -0.488. The Morgan fingerprint density at radius 2 is 1.74 bits per heavy atom. The van der Waals surface area contributed by atoms with E-state index in [9.17, 15) is 9.59 Å². The van der Waals surface area contributed by atoms with Crippen LogP contribution in [-0.4, -0.2) is 30.7 Å². The second kappa shape index (κ2) is 9.03. The fourth-order valence-electron chi connectivity index (χ4n) is 4.54. The maximum atomic E-state index is 13.7. The van der Waals surface area contributed by atoms with Crippen molar-refractivity contribution in [2.24, 2.45) is 0 Å². The first-order valence-corrected chi connectivity index (χ1v) is 12.4. The topological polar surface area (TPSA) is 59.8 Å². The van der Waals surface area contributed by atoms with Crippen molar-refractivity contribution < 1.29 is 13.9 Å². The van der Waals surface area contributed by atoms with Crippen molar-refractivity contribution in [1.82, 2.24) is 4.90 Å². The highest BCUT2D eigenvalue weighted by molar-refractivity contribution is 7.98. The number of fused-ring (bicyclic) bond motifs is 2. The average molecular weight is 472 g/mol. The van der Waals surface area contributed by atoms with Crippen molar-refractivity contribution in [2.75, 3.05) is 19.9 Å². The summed E-state index contributed by atoms with van der Waals surface area (Å²) >= 11 is 1.65. The number of ether oxygens (including phenoxy) is 1. The SMILES string of the molecule is COc1ccc(CCN2C(=O)c3oc4ccc(C)cc4c(=O)c3[C@H]2c2ccc(SC)cc2)cc1. The third-order valence-electron chi connectivity index (χ3n) is 6.35. The molecule has 0 unspecified atom stereocenters. The Morgan fingerprint density at radius 3 is 2.41 bits per heavy atom. The molecule has 5 nitrogen and oxygen atoms in total. The van der Waals surface area contributed by atoms with Crippen molar-refractivity contribution in [1.29, 1.82) is 0 Å². The zero-order chi connectivity index (χ0) is 23.8. The van der Waals surface area contributed by atoms with Crippen LogP contribution in [0.3, 0.4) is 0 Å². The quantitative estimate of drug-likeness (QED) is 0.342. The summed E-state index contributed by atoms with van der Waals surface area (Å²) < 4.78 is 11.3. The largest absolute Gasteiger partial charge is 0.497 e. The monoisotopic (exact) mass is 471 g/mol. The van der Waals surface area contributed by atoms with Crippen molar-refractivity contribution >= 4 is 28.6 Å². The Hall–Kier alpha value is -3.51. The van der Waals surface area contributed by atoms with E-state index in [0.29, 0.717) is 29.5 Å². The van der Waals surface area contributed by atoms with Gasteiger partial charge in [-0.2, -0.15) is 0 Å². The molecule has 0 saturated carbocycles. The van der Waals surface area contributed by atoms with Crippen molar-refractivity contribution in [2.45, 2.75) is 24.3 Å². The van der Waals surface area contributed by atoms with Crippen LogP contribution >= 0.6 is 11.8 Å². The van der Waals surface area contributed by atoms with Gasteiger partial charge in [0.15, 0.2) is 5.43 Å². The van der Waals surface area contributed by atoms with Crippen molar-refractivity contribution in [3.05, 3.63) is 105 Å². The fraction of sp³-hybridized carbons (Fsp3) is 0.214. The average Bonchev–Trinajstić information content (AvgIpc) is 3.15. The van der Waals surface area contributed by atoms with Gasteiger partial charge in [0.25, 0.3) is 5.91 Å². The summed E-state index contributed by atoms with van der Waals surface area (Å²) in [4.78, 5) is 30.1. The summed E-state index contributed by atoms with van der Waals surface area (Å²) in [5.41, 5.74) is 3.69. The number of aryl methyl sites for hydroxylation is 1. The number of rotatable bonds is 6. The number of nitrogens with zero attached hydrogens (tertiary/aromatic N) is 1. The highest BCUT2D eigenvalue weighted by atomic mass is 32.2. The van der Waals surface area contributed by atoms with Gasteiger partial charge in [-0.15, -0.1) is 11.8 Å². The first-order chi connectivity index (χ1) is 16.5. The molecular formula is C28H25NO4S. The molecule has 34 heavy (non-hydrogen) atoms. The highest BCUT2D eigenvalue weighted by Gasteiger charge is 2.42. The minimum Gasteiger partial charge on any atom is -0.497 e. The minimum absolute atomic E-state index is 0.140. The molecule has 3 aromatic carbocycles. The molecule has 1 aliphatic heterocycles. The molecule has 0 saturated heterocycles. The molecule has 6 heteroatoms. The van der Waals surface area contributed by atoms with Crippen LogP contribution in [0.2, 0.25) is 0 Å². The van der Waals surface area contributed by atoms with Gasteiger partial charge in [0.2, 0.25) is 5.76 Å². The number of benzene rings is 3. The van der Waals surface area contributed by atoms with Crippen molar-refractivity contribution in [3.8, 4) is 5.75 Å². The lowest BCUT2D eigenvalue weighted by atomic mass is 9.98. The molecule has 172 valence electrons. The second-order valence-corrected chi connectivity index (χ2v) is 9.33. The van der Waals surface area contributed by atoms with Gasteiger partial charge >= 0.3 is 0 Å². The van der Waals surface area contributed by atoms with E-state index in [-0.39, 0.29) is 17.1 Å². The van der Waals surface area contributed by atoms with Gasteiger partial charge in [-0.1, -0.05) is 35.9 Å². The zero-order valence-corrected chi connectivity index (χ0v) is 20.1. The van der Waals surface area contributed by atoms with Gasteiger partial charge < -0.3 is 14.1 Å². The third kappa shape index (κ3) is 3.88. The molecule has 0 spiro atoms. The van der Waals surface area contributed by atoms with E-state index < -0.39 is 6.04 Å². The Labute approximate surface area is 202 Å². The van der Waals surface area contributed by atoms with Crippen LogP contribution in [0.5, 0.6) is 5.75 Å². The standard InChI is InChI=1S/C28H25NO4S/c1-17-4-13-23-22(16-17)26(30)24-25(19-7-11-21(34-3)12-8-19)29(28(31)27(24)33-23)15-14-18-5-9-20(32-2)10-6-18/h4-13,16,25H,14-15H2,1-3H3/t25-/m1/s1. The van der Waals surface area contributed by atoms with Crippen LogP contribution in [0.1, 0.15) is 38.9 Å². The molecule has 5 rings (SSSR count). The number of carbonyl (C=O) groups excluding carboxylic acids is 1. The van der Waals surface area contributed by atoms with E-state index in [4.69, 9.17) is 9.15 Å². The van der Waals surface area contributed by atoms with Crippen LogP contribution < -0.4 is 10.2 Å². The summed E-state index contributed by atoms with van der Waals surface area (Å²) in [5.74, 6) is 0.689. The third-order valence-corrected chi connectivity index (χ3v) is 7.10. The number of hydrogen-bond acceptors (Lipinski definition) is 5.